The van der Waals surface area contributed by atoms with Crippen molar-refractivity contribution in [2.45, 2.75) is 39.3 Å². The summed E-state index contributed by atoms with van der Waals surface area (Å²) < 4.78 is 3.02. The summed E-state index contributed by atoms with van der Waals surface area (Å²) in [6.45, 7) is 5.08. The maximum atomic E-state index is 6.31. The SMILES string of the molecule is CCCn1ncnc1CC(N)c1cccc(C)c1Br. The van der Waals surface area contributed by atoms with Gasteiger partial charge >= 0.3 is 0 Å². The summed E-state index contributed by atoms with van der Waals surface area (Å²) in [4.78, 5) is 4.31. The van der Waals surface area contributed by atoms with Crippen LogP contribution >= 0.6 is 15.9 Å². The topological polar surface area (TPSA) is 56.7 Å². The lowest BCUT2D eigenvalue weighted by Gasteiger charge is -2.15. The van der Waals surface area contributed by atoms with E-state index in [4.69, 9.17) is 5.73 Å². The second-order valence-corrected chi connectivity index (χ2v) is 5.48. The van der Waals surface area contributed by atoms with Crippen molar-refractivity contribution in [2.75, 3.05) is 0 Å². The van der Waals surface area contributed by atoms with Crippen molar-refractivity contribution in [1.82, 2.24) is 14.8 Å². The Morgan fingerprint density at radius 2 is 2.21 bits per heavy atom. The van der Waals surface area contributed by atoms with Crippen molar-refractivity contribution in [3.63, 3.8) is 0 Å². The van der Waals surface area contributed by atoms with Crippen molar-refractivity contribution in [3.8, 4) is 0 Å². The Balaban J connectivity index is 2.18. The molecule has 2 N–H and O–H groups in total. The molecule has 0 amide bonds. The van der Waals surface area contributed by atoms with E-state index in [0.29, 0.717) is 6.42 Å². The first-order valence-electron chi connectivity index (χ1n) is 6.50. The normalized spacial score (nSPS) is 12.6. The molecule has 1 aromatic heterocycles. The van der Waals surface area contributed by atoms with Crippen LogP contribution in [0.3, 0.4) is 0 Å². The fourth-order valence-corrected chi connectivity index (χ4v) is 2.67. The zero-order valence-electron chi connectivity index (χ0n) is 11.3. The van der Waals surface area contributed by atoms with Crippen LogP contribution in [-0.4, -0.2) is 14.8 Å². The number of nitrogens with two attached hydrogens (primary N) is 1. The fourth-order valence-electron chi connectivity index (χ4n) is 2.11. The molecule has 0 fully saturated rings. The molecule has 0 aliphatic heterocycles. The molecule has 0 spiro atoms. The lowest BCUT2D eigenvalue weighted by Crippen LogP contribution is -2.18. The molecule has 1 heterocycles. The second-order valence-electron chi connectivity index (χ2n) is 4.69. The number of nitrogens with zero attached hydrogens (tertiary/aromatic N) is 3. The highest BCUT2D eigenvalue weighted by Crippen LogP contribution is 2.27. The van der Waals surface area contributed by atoms with Gasteiger partial charge in [0.25, 0.3) is 0 Å². The Hall–Kier alpha value is -1.20. The summed E-state index contributed by atoms with van der Waals surface area (Å²) in [6, 6.07) is 6.09. The molecule has 0 aliphatic rings. The van der Waals surface area contributed by atoms with Crippen molar-refractivity contribution in [1.29, 1.82) is 0 Å². The van der Waals surface area contributed by atoms with Gasteiger partial charge in [0.15, 0.2) is 0 Å². The van der Waals surface area contributed by atoms with Crippen LogP contribution in [0.4, 0.5) is 0 Å². The molecular formula is C14H19BrN4. The zero-order valence-corrected chi connectivity index (χ0v) is 12.9. The molecule has 0 aliphatic carbocycles. The molecule has 5 heteroatoms. The summed E-state index contributed by atoms with van der Waals surface area (Å²) in [5.74, 6) is 0.947. The predicted molar refractivity (Wildman–Crippen MR) is 79.8 cm³/mol. The van der Waals surface area contributed by atoms with Crippen molar-refractivity contribution < 1.29 is 0 Å². The molecule has 1 aromatic carbocycles. The van der Waals surface area contributed by atoms with E-state index in [0.717, 1.165) is 28.8 Å². The number of hydrogen-bond acceptors (Lipinski definition) is 3. The van der Waals surface area contributed by atoms with Gasteiger partial charge in [0.2, 0.25) is 0 Å². The number of rotatable bonds is 5. The molecule has 0 saturated carbocycles. The smallest absolute Gasteiger partial charge is 0.138 e. The van der Waals surface area contributed by atoms with E-state index in [1.807, 2.05) is 10.7 Å². The summed E-state index contributed by atoms with van der Waals surface area (Å²) in [7, 11) is 0. The first kappa shape index (κ1) is 14.2. The lowest BCUT2D eigenvalue weighted by molar-refractivity contribution is 0.547. The highest BCUT2D eigenvalue weighted by Gasteiger charge is 2.15. The van der Waals surface area contributed by atoms with Gasteiger partial charge in [-0.3, -0.25) is 4.68 Å². The molecule has 1 unspecified atom stereocenters. The quantitative estimate of drug-likeness (QED) is 0.920. The maximum absolute atomic E-state index is 6.31. The van der Waals surface area contributed by atoms with Gasteiger partial charge in [-0.1, -0.05) is 41.1 Å². The second kappa shape index (κ2) is 6.30. The third-order valence-electron chi connectivity index (χ3n) is 3.15. The van der Waals surface area contributed by atoms with Gasteiger partial charge in [-0.25, -0.2) is 4.98 Å². The molecule has 2 aromatic rings. The van der Waals surface area contributed by atoms with Gasteiger partial charge in [-0.15, -0.1) is 0 Å². The third-order valence-corrected chi connectivity index (χ3v) is 4.24. The first-order chi connectivity index (χ1) is 9.13. The van der Waals surface area contributed by atoms with E-state index in [1.165, 1.54) is 5.56 Å². The Morgan fingerprint density at radius 3 is 2.95 bits per heavy atom. The average Bonchev–Trinajstić information content (AvgIpc) is 2.80. The Morgan fingerprint density at radius 1 is 1.42 bits per heavy atom. The third kappa shape index (κ3) is 3.22. The van der Waals surface area contributed by atoms with Crippen LogP contribution in [0.25, 0.3) is 0 Å². The van der Waals surface area contributed by atoms with Crippen LogP contribution in [0.1, 0.15) is 36.3 Å². The van der Waals surface area contributed by atoms with Crippen LogP contribution in [0, 0.1) is 6.92 Å². The molecule has 0 bridgehead atoms. The minimum absolute atomic E-state index is 0.0749. The van der Waals surface area contributed by atoms with Gasteiger partial charge < -0.3 is 5.73 Å². The molecule has 19 heavy (non-hydrogen) atoms. The molecule has 2 rings (SSSR count). The number of halogens is 1. The van der Waals surface area contributed by atoms with Gasteiger partial charge in [0.1, 0.15) is 12.2 Å². The van der Waals surface area contributed by atoms with E-state index in [1.54, 1.807) is 6.33 Å². The van der Waals surface area contributed by atoms with E-state index in [2.05, 4.69) is 52.0 Å². The molecule has 0 radical (unpaired) electrons. The number of benzene rings is 1. The predicted octanol–water partition coefficient (Wildman–Crippen LogP) is 3.00. The molecule has 1 atom stereocenters. The van der Waals surface area contributed by atoms with Gasteiger partial charge in [0, 0.05) is 23.5 Å². The first-order valence-corrected chi connectivity index (χ1v) is 7.30. The van der Waals surface area contributed by atoms with E-state index >= 15 is 0 Å². The highest BCUT2D eigenvalue weighted by atomic mass is 79.9. The van der Waals surface area contributed by atoms with E-state index < -0.39 is 0 Å². The molecular weight excluding hydrogens is 304 g/mol. The Bertz CT molecular complexity index is 550. The highest BCUT2D eigenvalue weighted by molar-refractivity contribution is 9.10. The van der Waals surface area contributed by atoms with Crippen LogP contribution in [0.5, 0.6) is 0 Å². The van der Waals surface area contributed by atoms with Crippen LogP contribution in [0.15, 0.2) is 29.0 Å². The minimum Gasteiger partial charge on any atom is -0.324 e. The molecule has 0 saturated heterocycles. The number of aryl methyl sites for hydroxylation is 2. The van der Waals surface area contributed by atoms with Gasteiger partial charge in [-0.05, 0) is 24.5 Å². The summed E-state index contributed by atoms with van der Waals surface area (Å²) in [5, 5.41) is 4.23. The van der Waals surface area contributed by atoms with Crippen molar-refractivity contribution in [2.24, 2.45) is 5.73 Å². The maximum Gasteiger partial charge on any atom is 0.138 e. The summed E-state index contributed by atoms with van der Waals surface area (Å²) >= 11 is 3.61. The monoisotopic (exact) mass is 322 g/mol. The van der Waals surface area contributed by atoms with Crippen LogP contribution in [-0.2, 0) is 13.0 Å². The number of hydrogen-bond donors (Lipinski definition) is 1. The average molecular weight is 323 g/mol. The fraction of sp³-hybridized carbons (Fsp3) is 0.429. The van der Waals surface area contributed by atoms with Crippen LogP contribution in [0.2, 0.25) is 0 Å². The molecule has 4 nitrogen and oxygen atoms in total. The van der Waals surface area contributed by atoms with Gasteiger partial charge in [-0.2, -0.15) is 5.10 Å². The van der Waals surface area contributed by atoms with Gasteiger partial charge in [0.05, 0.1) is 0 Å². The van der Waals surface area contributed by atoms with Crippen molar-refractivity contribution in [3.05, 3.63) is 46.0 Å². The lowest BCUT2D eigenvalue weighted by atomic mass is 10.0. The number of aromatic nitrogens is 3. The molecule has 102 valence electrons. The summed E-state index contributed by atoms with van der Waals surface area (Å²) in [5.41, 5.74) is 8.62. The zero-order chi connectivity index (χ0) is 13.8. The standard InChI is InChI=1S/C14H19BrN4/c1-3-7-19-13(17-9-18-19)8-12(16)11-6-4-5-10(2)14(11)15/h4-6,9,12H,3,7-8,16H2,1-2H3. The van der Waals surface area contributed by atoms with Crippen LogP contribution < -0.4 is 5.73 Å². The Labute approximate surface area is 122 Å². The minimum atomic E-state index is -0.0749. The van der Waals surface area contributed by atoms with Crippen molar-refractivity contribution >= 4 is 15.9 Å². The summed E-state index contributed by atoms with van der Waals surface area (Å²) in [6.07, 6.45) is 3.34. The van der Waals surface area contributed by atoms with E-state index in [9.17, 15) is 0 Å². The van der Waals surface area contributed by atoms with E-state index in [-0.39, 0.29) is 6.04 Å². The largest absolute Gasteiger partial charge is 0.324 e. The Kier molecular flexibility index (Phi) is 4.71.